The van der Waals surface area contributed by atoms with Crippen LogP contribution in [-0.2, 0) is 25.7 Å². The standard InChI is InChI=1S/C20H29ClN4O5/c1-13(2)11-16(23-20(29)30-12-15-7-5-4-6-8-15)18(27)24-25(10-9-17(22)26)19(28)14(3)21/h4-8,13-14,16H,9-12H2,1-3H3,(H2,22,26)(H,23,29)(H,24,27)/t14-,16+/m1/s1. The number of hydrazine groups is 1. The quantitative estimate of drug-likeness (QED) is 0.376. The molecule has 0 heterocycles. The van der Waals surface area contributed by atoms with E-state index in [1.807, 2.05) is 32.0 Å². The third-order valence-corrected chi connectivity index (χ3v) is 4.15. The molecule has 0 aliphatic carbocycles. The molecule has 0 aliphatic rings. The van der Waals surface area contributed by atoms with Gasteiger partial charge in [0, 0.05) is 6.42 Å². The van der Waals surface area contributed by atoms with E-state index in [0.717, 1.165) is 10.6 Å². The second kappa shape index (κ2) is 12.7. The number of benzene rings is 1. The maximum atomic E-state index is 12.7. The molecule has 0 radical (unpaired) electrons. The van der Waals surface area contributed by atoms with E-state index in [-0.39, 0.29) is 25.5 Å². The molecule has 0 saturated heterocycles. The van der Waals surface area contributed by atoms with Gasteiger partial charge in [-0.3, -0.25) is 24.8 Å². The number of alkyl halides is 1. The number of alkyl carbamates (subject to hydrolysis) is 1. The lowest BCUT2D eigenvalue weighted by atomic mass is 10.0. The number of rotatable bonds is 10. The summed E-state index contributed by atoms with van der Waals surface area (Å²) in [6, 6.07) is 8.15. The summed E-state index contributed by atoms with van der Waals surface area (Å²) in [4.78, 5) is 48.2. The van der Waals surface area contributed by atoms with Crippen molar-refractivity contribution < 1.29 is 23.9 Å². The lowest BCUT2D eigenvalue weighted by Gasteiger charge is -2.27. The van der Waals surface area contributed by atoms with E-state index >= 15 is 0 Å². The van der Waals surface area contributed by atoms with Crippen LogP contribution in [0.2, 0.25) is 0 Å². The van der Waals surface area contributed by atoms with E-state index in [9.17, 15) is 19.2 Å². The van der Waals surface area contributed by atoms with Gasteiger partial charge in [-0.25, -0.2) is 4.79 Å². The SMILES string of the molecule is CC(C)C[C@H](NC(=O)OCc1ccccc1)C(=O)NN(CCC(N)=O)C(=O)[C@@H](C)Cl. The van der Waals surface area contributed by atoms with Gasteiger partial charge in [0.25, 0.3) is 11.8 Å². The minimum Gasteiger partial charge on any atom is -0.445 e. The summed E-state index contributed by atoms with van der Waals surface area (Å²) in [7, 11) is 0. The van der Waals surface area contributed by atoms with Crippen molar-refractivity contribution in [2.75, 3.05) is 6.54 Å². The Kier molecular flexibility index (Phi) is 10.7. The number of carbonyl (C=O) groups excluding carboxylic acids is 4. The van der Waals surface area contributed by atoms with Crippen molar-refractivity contribution >= 4 is 35.4 Å². The molecule has 0 spiro atoms. The third kappa shape index (κ3) is 9.60. The van der Waals surface area contributed by atoms with Crippen LogP contribution in [0.4, 0.5) is 4.79 Å². The van der Waals surface area contributed by atoms with E-state index in [0.29, 0.717) is 6.42 Å². The lowest BCUT2D eigenvalue weighted by molar-refractivity contribution is -0.142. The van der Waals surface area contributed by atoms with Crippen LogP contribution in [0.5, 0.6) is 0 Å². The molecule has 0 unspecified atom stereocenters. The summed E-state index contributed by atoms with van der Waals surface area (Å²) in [6.07, 6.45) is -0.613. The highest BCUT2D eigenvalue weighted by Gasteiger charge is 2.27. The number of nitrogens with one attached hydrogen (secondary N) is 2. The van der Waals surface area contributed by atoms with Crippen molar-refractivity contribution in [3.63, 3.8) is 0 Å². The highest BCUT2D eigenvalue weighted by molar-refractivity contribution is 6.30. The zero-order valence-corrected chi connectivity index (χ0v) is 18.1. The zero-order valence-electron chi connectivity index (χ0n) is 17.4. The van der Waals surface area contributed by atoms with Gasteiger partial charge in [0.05, 0.1) is 6.54 Å². The van der Waals surface area contributed by atoms with Crippen molar-refractivity contribution in [2.45, 2.75) is 51.6 Å². The third-order valence-electron chi connectivity index (χ3n) is 3.96. The first kappa shape index (κ1) is 25.2. The first-order chi connectivity index (χ1) is 14.1. The van der Waals surface area contributed by atoms with Gasteiger partial charge < -0.3 is 15.8 Å². The average molecular weight is 441 g/mol. The van der Waals surface area contributed by atoms with Gasteiger partial charge >= 0.3 is 6.09 Å². The van der Waals surface area contributed by atoms with E-state index in [1.54, 1.807) is 12.1 Å². The molecule has 2 atom stereocenters. The van der Waals surface area contributed by atoms with Gasteiger partial charge in [-0.1, -0.05) is 44.2 Å². The summed E-state index contributed by atoms with van der Waals surface area (Å²) < 4.78 is 5.17. The minimum absolute atomic E-state index is 0.0513. The normalized spacial score (nSPS) is 12.6. The molecular weight excluding hydrogens is 412 g/mol. The van der Waals surface area contributed by atoms with Gasteiger partial charge in [-0.2, -0.15) is 0 Å². The molecular formula is C20H29ClN4O5. The van der Waals surface area contributed by atoms with Gasteiger partial charge in [-0.05, 0) is 24.8 Å². The highest BCUT2D eigenvalue weighted by atomic mass is 35.5. The summed E-state index contributed by atoms with van der Waals surface area (Å²) >= 11 is 5.82. The van der Waals surface area contributed by atoms with Crippen LogP contribution in [0.15, 0.2) is 30.3 Å². The summed E-state index contributed by atoms with van der Waals surface area (Å²) in [6.45, 7) is 5.12. The number of primary amides is 1. The monoisotopic (exact) mass is 440 g/mol. The molecule has 0 fully saturated rings. The Morgan fingerprint density at radius 3 is 2.30 bits per heavy atom. The lowest BCUT2D eigenvalue weighted by Crippen LogP contribution is -2.56. The minimum atomic E-state index is -0.956. The van der Waals surface area contributed by atoms with Crippen molar-refractivity contribution in [3.8, 4) is 0 Å². The molecule has 30 heavy (non-hydrogen) atoms. The average Bonchev–Trinajstić information content (AvgIpc) is 2.68. The van der Waals surface area contributed by atoms with Crippen LogP contribution in [-0.4, -0.2) is 46.8 Å². The van der Waals surface area contributed by atoms with Crippen LogP contribution in [0.3, 0.4) is 0 Å². The predicted molar refractivity (Wildman–Crippen MR) is 112 cm³/mol. The Morgan fingerprint density at radius 1 is 1.13 bits per heavy atom. The van der Waals surface area contributed by atoms with E-state index < -0.39 is 35.2 Å². The molecule has 4 N–H and O–H groups in total. The number of carbonyl (C=O) groups is 4. The van der Waals surface area contributed by atoms with Gasteiger partial charge in [0.15, 0.2) is 0 Å². The number of ether oxygens (including phenoxy) is 1. The molecule has 4 amide bonds. The molecule has 166 valence electrons. The molecule has 10 heteroatoms. The number of nitrogens with two attached hydrogens (primary N) is 1. The largest absolute Gasteiger partial charge is 0.445 e. The van der Waals surface area contributed by atoms with E-state index in [4.69, 9.17) is 22.1 Å². The van der Waals surface area contributed by atoms with E-state index in [2.05, 4.69) is 10.7 Å². The zero-order chi connectivity index (χ0) is 22.7. The van der Waals surface area contributed by atoms with Crippen molar-refractivity contribution in [3.05, 3.63) is 35.9 Å². The predicted octanol–water partition coefficient (Wildman–Crippen LogP) is 1.69. The van der Waals surface area contributed by atoms with Gasteiger partial charge in [-0.15, -0.1) is 11.6 Å². The second-order valence-corrected chi connectivity index (χ2v) is 7.84. The number of hydrogen-bond donors (Lipinski definition) is 3. The highest BCUT2D eigenvalue weighted by Crippen LogP contribution is 2.08. The van der Waals surface area contributed by atoms with Crippen molar-refractivity contribution in [1.82, 2.24) is 15.8 Å². The van der Waals surface area contributed by atoms with Crippen molar-refractivity contribution in [2.24, 2.45) is 11.7 Å². The molecule has 1 rings (SSSR count). The Labute approximate surface area is 181 Å². The summed E-state index contributed by atoms with van der Waals surface area (Å²) in [5, 5.41) is 2.54. The number of amides is 4. The number of halogens is 1. The fraction of sp³-hybridized carbons (Fsp3) is 0.500. The fourth-order valence-electron chi connectivity index (χ4n) is 2.48. The van der Waals surface area contributed by atoms with Crippen LogP contribution in [0, 0.1) is 5.92 Å². The van der Waals surface area contributed by atoms with Crippen LogP contribution < -0.4 is 16.5 Å². The first-order valence-electron chi connectivity index (χ1n) is 9.61. The second-order valence-electron chi connectivity index (χ2n) is 7.19. The Balaban J connectivity index is 2.78. The van der Waals surface area contributed by atoms with Crippen LogP contribution in [0.25, 0.3) is 0 Å². The Morgan fingerprint density at radius 2 is 1.77 bits per heavy atom. The molecule has 0 saturated carbocycles. The molecule has 1 aromatic carbocycles. The topological polar surface area (TPSA) is 131 Å². The van der Waals surface area contributed by atoms with Crippen LogP contribution in [0.1, 0.15) is 39.2 Å². The van der Waals surface area contributed by atoms with Gasteiger partial charge in [0.1, 0.15) is 18.0 Å². The maximum Gasteiger partial charge on any atom is 0.408 e. The number of nitrogens with zero attached hydrogens (tertiary/aromatic N) is 1. The Bertz CT molecular complexity index is 727. The van der Waals surface area contributed by atoms with E-state index in [1.165, 1.54) is 6.92 Å². The Hall–Kier alpha value is -2.81. The van der Waals surface area contributed by atoms with Crippen molar-refractivity contribution in [1.29, 1.82) is 0 Å². The summed E-state index contributed by atoms with van der Waals surface area (Å²) in [5.74, 6) is -1.79. The molecule has 0 bridgehead atoms. The number of hydrogen-bond acceptors (Lipinski definition) is 5. The molecule has 9 nitrogen and oxygen atoms in total. The van der Waals surface area contributed by atoms with Crippen LogP contribution >= 0.6 is 11.6 Å². The fourth-order valence-corrected chi connectivity index (χ4v) is 2.60. The summed E-state index contributed by atoms with van der Waals surface area (Å²) in [5.41, 5.74) is 8.35. The first-order valence-corrected chi connectivity index (χ1v) is 10.0. The molecule has 0 aromatic heterocycles. The molecule has 0 aliphatic heterocycles. The maximum absolute atomic E-state index is 12.7. The van der Waals surface area contributed by atoms with Gasteiger partial charge in [0.2, 0.25) is 5.91 Å². The molecule has 1 aromatic rings. The smallest absolute Gasteiger partial charge is 0.408 e.